The van der Waals surface area contributed by atoms with E-state index in [9.17, 15) is 10.2 Å². The van der Waals surface area contributed by atoms with Gasteiger partial charge >= 0.3 is 0 Å². The van der Waals surface area contributed by atoms with Crippen LogP contribution in [0.4, 0.5) is 0 Å². The van der Waals surface area contributed by atoms with Crippen LogP contribution in [-0.4, -0.2) is 22.4 Å². The molecule has 0 bridgehead atoms. The highest BCUT2D eigenvalue weighted by Gasteiger charge is 2.34. The Hall–Kier alpha value is -0.600. The minimum atomic E-state index is -0.552. The molecule has 2 aliphatic carbocycles. The molecule has 0 amide bonds. The summed E-state index contributed by atoms with van der Waals surface area (Å²) in [4.78, 5) is 0. The lowest BCUT2D eigenvalue weighted by Crippen LogP contribution is -2.24. The fourth-order valence-corrected chi connectivity index (χ4v) is 5.45. The summed E-state index contributed by atoms with van der Waals surface area (Å²) in [5.74, 6) is 4.14. The second-order valence-electron chi connectivity index (χ2n) is 9.48. The molecule has 0 radical (unpaired) electrons. The highest BCUT2D eigenvalue weighted by atomic mass is 16.3. The van der Waals surface area contributed by atoms with E-state index >= 15 is 0 Å². The van der Waals surface area contributed by atoms with E-state index in [1.165, 1.54) is 32.1 Å². The van der Waals surface area contributed by atoms with Crippen molar-refractivity contribution in [1.82, 2.24) is 0 Å². The molecule has 2 nitrogen and oxygen atoms in total. The van der Waals surface area contributed by atoms with Gasteiger partial charge in [-0.1, -0.05) is 31.2 Å². The van der Waals surface area contributed by atoms with Crippen molar-refractivity contribution in [2.45, 2.75) is 78.2 Å². The summed E-state index contributed by atoms with van der Waals surface area (Å²) in [6.07, 6.45) is 17.5. The molecule has 144 valence electrons. The average molecular weight is 349 g/mol. The van der Waals surface area contributed by atoms with Crippen molar-refractivity contribution in [2.75, 3.05) is 6.61 Å². The lowest BCUT2D eigenvalue weighted by Gasteiger charge is -2.25. The second-order valence-corrected chi connectivity index (χ2v) is 9.48. The first kappa shape index (κ1) is 20.7. The Morgan fingerprint density at radius 1 is 1.00 bits per heavy atom. The molecule has 2 heteroatoms. The summed E-state index contributed by atoms with van der Waals surface area (Å²) in [6.45, 7) is 8.66. The maximum atomic E-state index is 10.2. The summed E-state index contributed by atoms with van der Waals surface area (Å²) in [5, 5.41) is 19.5. The van der Waals surface area contributed by atoms with Crippen molar-refractivity contribution in [3.63, 3.8) is 0 Å². The first-order valence-corrected chi connectivity index (χ1v) is 10.4. The molecule has 0 saturated heterocycles. The van der Waals surface area contributed by atoms with Gasteiger partial charge in [-0.3, -0.25) is 0 Å². The number of rotatable bonds is 8. The van der Waals surface area contributed by atoms with Crippen LogP contribution in [-0.2, 0) is 0 Å². The van der Waals surface area contributed by atoms with E-state index in [4.69, 9.17) is 0 Å². The molecule has 2 fully saturated rings. The first-order chi connectivity index (χ1) is 11.8. The molecule has 25 heavy (non-hydrogen) atoms. The van der Waals surface area contributed by atoms with Gasteiger partial charge in [0.15, 0.2) is 0 Å². The highest BCUT2D eigenvalue weighted by Crippen LogP contribution is 2.43. The smallest absolute Gasteiger partial charge is 0.0594 e. The third-order valence-corrected chi connectivity index (χ3v) is 6.39. The van der Waals surface area contributed by atoms with Crippen molar-refractivity contribution < 1.29 is 10.2 Å². The lowest BCUT2D eigenvalue weighted by molar-refractivity contribution is 0.0485. The van der Waals surface area contributed by atoms with Gasteiger partial charge in [-0.15, -0.1) is 0 Å². The number of hydrogen-bond donors (Lipinski definition) is 2. The normalized spacial score (nSPS) is 36.9. The van der Waals surface area contributed by atoms with E-state index in [0.717, 1.165) is 24.7 Å². The molecule has 0 spiro atoms. The van der Waals surface area contributed by atoms with Crippen LogP contribution in [0.3, 0.4) is 0 Å². The van der Waals surface area contributed by atoms with E-state index in [1.807, 2.05) is 13.8 Å². The zero-order valence-electron chi connectivity index (χ0n) is 16.8. The molecule has 0 aromatic carbocycles. The number of aliphatic hydroxyl groups is 2. The van der Waals surface area contributed by atoms with Crippen molar-refractivity contribution in [2.24, 2.45) is 35.5 Å². The van der Waals surface area contributed by atoms with Gasteiger partial charge in [-0.25, -0.2) is 0 Å². The monoisotopic (exact) mass is 348 g/mol. The number of allylic oxidation sites excluding steroid dienone is 4. The van der Waals surface area contributed by atoms with Crippen molar-refractivity contribution >= 4 is 0 Å². The Kier molecular flexibility index (Phi) is 7.76. The van der Waals surface area contributed by atoms with Crippen LogP contribution in [0.15, 0.2) is 24.3 Å². The Morgan fingerprint density at radius 3 is 2.36 bits per heavy atom. The Bertz CT molecular complexity index is 445. The molecule has 2 N–H and O–H groups in total. The molecule has 0 aliphatic heterocycles. The van der Waals surface area contributed by atoms with E-state index < -0.39 is 5.60 Å². The molecule has 6 atom stereocenters. The molecule has 0 heterocycles. The van der Waals surface area contributed by atoms with Crippen LogP contribution in [0.2, 0.25) is 0 Å². The summed E-state index contributed by atoms with van der Waals surface area (Å²) in [7, 11) is 0. The van der Waals surface area contributed by atoms with Crippen molar-refractivity contribution in [1.29, 1.82) is 0 Å². The molecule has 2 rings (SSSR count). The van der Waals surface area contributed by atoms with Crippen LogP contribution in [0.1, 0.15) is 72.6 Å². The van der Waals surface area contributed by atoms with Gasteiger partial charge in [-0.2, -0.15) is 0 Å². The van der Waals surface area contributed by atoms with Crippen molar-refractivity contribution in [3.05, 3.63) is 24.3 Å². The van der Waals surface area contributed by atoms with Crippen molar-refractivity contribution in [3.8, 4) is 0 Å². The summed E-state index contributed by atoms with van der Waals surface area (Å²) in [6, 6.07) is 0. The third-order valence-electron chi connectivity index (χ3n) is 6.39. The first-order valence-electron chi connectivity index (χ1n) is 10.4. The van der Waals surface area contributed by atoms with Gasteiger partial charge in [-0.05, 0) is 101 Å². The maximum Gasteiger partial charge on any atom is 0.0594 e. The fourth-order valence-electron chi connectivity index (χ4n) is 5.45. The molecule has 6 unspecified atom stereocenters. The van der Waals surface area contributed by atoms with E-state index in [-0.39, 0.29) is 0 Å². The minimum Gasteiger partial charge on any atom is -0.396 e. The molecular weight excluding hydrogens is 308 g/mol. The summed E-state index contributed by atoms with van der Waals surface area (Å²) >= 11 is 0. The minimum absolute atomic E-state index is 0.319. The SMILES string of the molecule is CC=CC1CC(CC=CC2CC(C)CC2CC(C)(C)O)CC1CCO. The summed E-state index contributed by atoms with van der Waals surface area (Å²) < 4.78 is 0. The highest BCUT2D eigenvalue weighted by molar-refractivity contribution is 5.01. The second kappa shape index (κ2) is 9.37. The number of aliphatic hydroxyl groups excluding tert-OH is 1. The predicted octanol–water partition coefficient (Wildman–Crippen LogP) is 5.36. The van der Waals surface area contributed by atoms with E-state index in [0.29, 0.717) is 30.3 Å². The van der Waals surface area contributed by atoms with E-state index in [1.54, 1.807) is 0 Å². The molecular formula is C23H40O2. The zero-order chi connectivity index (χ0) is 18.4. The van der Waals surface area contributed by atoms with Crippen LogP contribution in [0, 0.1) is 35.5 Å². The Morgan fingerprint density at radius 2 is 1.72 bits per heavy atom. The Balaban J connectivity index is 1.87. The fraction of sp³-hybridized carbons (Fsp3) is 0.826. The van der Waals surface area contributed by atoms with Crippen LogP contribution < -0.4 is 0 Å². The molecule has 2 saturated carbocycles. The van der Waals surface area contributed by atoms with Gasteiger partial charge in [0.2, 0.25) is 0 Å². The quantitative estimate of drug-likeness (QED) is 0.580. The standard InChI is InChI=1S/C23H40O2/c1-5-7-19-14-18(15-21(19)10-11-24)8-6-9-20-12-17(2)13-22(20)16-23(3,4)25/h5-7,9,17-22,24-25H,8,10-16H2,1-4H3. The average Bonchev–Trinajstić information content (AvgIpc) is 3.02. The Labute approximate surface area is 155 Å². The maximum absolute atomic E-state index is 10.2. The van der Waals surface area contributed by atoms with Gasteiger partial charge in [0, 0.05) is 6.61 Å². The van der Waals surface area contributed by atoms with Crippen LogP contribution in [0.25, 0.3) is 0 Å². The van der Waals surface area contributed by atoms with Crippen LogP contribution >= 0.6 is 0 Å². The third kappa shape index (κ3) is 6.57. The van der Waals surface area contributed by atoms with Gasteiger partial charge in [0.25, 0.3) is 0 Å². The molecule has 0 aromatic rings. The van der Waals surface area contributed by atoms with Gasteiger partial charge < -0.3 is 10.2 Å². The van der Waals surface area contributed by atoms with E-state index in [2.05, 4.69) is 38.2 Å². The lowest BCUT2D eigenvalue weighted by atomic mass is 9.85. The largest absolute Gasteiger partial charge is 0.396 e. The molecule has 2 aliphatic rings. The molecule has 0 aromatic heterocycles. The number of hydrogen-bond acceptors (Lipinski definition) is 2. The van der Waals surface area contributed by atoms with Crippen LogP contribution in [0.5, 0.6) is 0 Å². The topological polar surface area (TPSA) is 40.5 Å². The van der Waals surface area contributed by atoms with Gasteiger partial charge in [0.05, 0.1) is 5.60 Å². The summed E-state index contributed by atoms with van der Waals surface area (Å²) in [5.41, 5.74) is -0.552. The van der Waals surface area contributed by atoms with Gasteiger partial charge in [0.1, 0.15) is 0 Å². The zero-order valence-corrected chi connectivity index (χ0v) is 16.8. The predicted molar refractivity (Wildman–Crippen MR) is 106 cm³/mol.